The molecule has 0 bridgehead atoms. The molecule has 3 N–H and O–H groups in total. The van der Waals surface area contributed by atoms with Gasteiger partial charge in [0.05, 0.1) is 44.1 Å². The van der Waals surface area contributed by atoms with Crippen LogP contribution in [0, 0.1) is 0 Å². The number of hydrogen-bond donors (Lipinski definition) is 2. The summed E-state index contributed by atoms with van der Waals surface area (Å²) in [5.41, 5.74) is 8.73. The van der Waals surface area contributed by atoms with E-state index in [4.69, 9.17) is 19.9 Å². The molecule has 0 spiro atoms. The van der Waals surface area contributed by atoms with Gasteiger partial charge in [0, 0.05) is 25.3 Å². The molecular weight excluding hydrogens is 386 g/mol. The Bertz CT molecular complexity index is 1200. The van der Waals surface area contributed by atoms with Crippen molar-refractivity contribution >= 4 is 16.9 Å². The molecule has 0 radical (unpaired) electrons. The standard InChI is InChI=1S/C21H23N5O4/c1-28-9-8-25-21(27)18(20-23-16-6-4-5-7-17(16)24-20)19(22)26(25)13-10-14(29-2)12-15(11-13)30-3/h4-7,10-12H,8-9,22H2,1-3H3,(H,23,24). The van der Waals surface area contributed by atoms with E-state index in [0.29, 0.717) is 41.7 Å². The molecule has 0 saturated carbocycles. The minimum Gasteiger partial charge on any atom is -0.497 e. The Labute approximate surface area is 172 Å². The monoisotopic (exact) mass is 409 g/mol. The van der Waals surface area contributed by atoms with Crippen molar-refractivity contribution in [3.05, 3.63) is 52.8 Å². The van der Waals surface area contributed by atoms with E-state index in [1.807, 2.05) is 24.3 Å². The van der Waals surface area contributed by atoms with Crippen LogP contribution < -0.4 is 20.8 Å². The number of imidazole rings is 1. The average Bonchev–Trinajstić information content (AvgIpc) is 3.29. The van der Waals surface area contributed by atoms with Crippen molar-refractivity contribution < 1.29 is 14.2 Å². The fourth-order valence-corrected chi connectivity index (χ4v) is 3.43. The smallest absolute Gasteiger partial charge is 0.280 e. The summed E-state index contributed by atoms with van der Waals surface area (Å²) in [5, 5.41) is 0. The SMILES string of the molecule is COCCn1c(=O)c(-c2nc3ccccc3[nH]2)c(N)n1-c1cc(OC)cc(OC)c1. The number of ether oxygens (including phenoxy) is 3. The number of para-hydroxylation sites is 2. The lowest BCUT2D eigenvalue weighted by Crippen LogP contribution is -2.25. The summed E-state index contributed by atoms with van der Waals surface area (Å²) in [5.74, 6) is 1.82. The van der Waals surface area contributed by atoms with Gasteiger partial charge in [-0.05, 0) is 12.1 Å². The van der Waals surface area contributed by atoms with Gasteiger partial charge < -0.3 is 24.9 Å². The molecule has 0 unspecified atom stereocenters. The van der Waals surface area contributed by atoms with Crippen molar-refractivity contribution in [2.24, 2.45) is 0 Å². The van der Waals surface area contributed by atoms with Crippen molar-refractivity contribution in [1.82, 2.24) is 19.3 Å². The van der Waals surface area contributed by atoms with Gasteiger partial charge in [-0.25, -0.2) is 14.3 Å². The number of nitrogens with zero attached hydrogens (tertiary/aromatic N) is 3. The molecule has 4 aromatic rings. The molecule has 0 atom stereocenters. The molecule has 2 aromatic carbocycles. The summed E-state index contributed by atoms with van der Waals surface area (Å²) in [7, 11) is 4.71. The molecular formula is C21H23N5O4. The van der Waals surface area contributed by atoms with Gasteiger partial charge in [-0.3, -0.25) is 4.79 Å². The first-order valence-electron chi connectivity index (χ1n) is 9.36. The van der Waals surface area contributed by atoms with E-state index >= 15 is 0 Å². The Hall–Kier alpha value is -3.72. The molecule has 30 heavy (non-hydrogen) atoms. The lowest BCUT2D eigenvalue weighted by atomic mass is 10.2. The van der Waals surface area contributed by atoms with Crippen molar-refractivity contribution in [2.75, 3.05) is 33.7 Å². The number of aromatic nitrogens is 4. The molecule has 0 fully saturated rings. The highest BCUT2D eigenvalue weighted by Gasteiger charge is 2.23. The zero-order valence-corrected chi connectivity index (χ0v) is 17.0. The molecule has 2 aromatic heterocycles. The number of nitrogens with two attached hydrogens (primary N) is 1. The van der Waals surface area contributed by atoms with Crippen molar-refractivity contribution in [1.29, 1.82) is 0 Å². The number of hydrogen-bond acceptors (Lipinski definition) is 6. The van der Waals surface area contributed by atoms with Crippen molar-refractivity contribution in [3.63, 3.8) is 0 Å². The van der Waals surface area contributed by atoms with Crippen LogP contribution in [-0.4, -0.2) is 47.3 Å². The number of H-pyrrole nitrogens is 1. The number of rotatable bonds is 7. The lowest BCUT2D eigenvalue weighted by Gasteiger charge is -2.15. The Morgan fingerprint density at radius 2 is 1.77 bits per heavy atom. The third-order valence-electron chi connectivity index (χ3n) is 4.89. The fraction of sp³-hybridized carbons (Fsp3) is 0.238. The number of methoxy groups -OCH3 is 3. The summed E-state index contributed by atoms with van der Waals surface area (Å²) in [6, 6.07) is 12.9. The van der Waals surface area contributed by atoms with Gasteiger partial charge in [0.2, 0.25) is 0 Å². The number of aromatic amines is 1. The Morgan fingerprint density at radius 3 is 2.40 bits per heavy atom. The van der Waals surface area contributed by atoms with Gasteiger partial charge in [-0.2, -0.15) is 0 Å². The summed E-state index contributed by atoms with van der Waals surface area (Å²) in [4.78, 5) is 21.1. The van der Waals surface area contributed by atoms with Crippen LogP contribution in [0.5, 0.6) is 11.5 Å². The zero-order chi connectivity index (χ0) is 21.3. The predicted octanol–water partition coefficient (Wildman–Crippen LogP) is 2.43. The second kappa shape index (κ2) is 7.96. The van der Waals surface area contributed by atoms with Gasteiger partial charge in [-0.1, -0.05) is 12.1 Å². The van der Waals surface area contributed by atoms with Crippen molar-refractivity contribution in [2.45, 2.75) is 6.54 Å². The van der Waals surface area contributed by atoms with Crippen LogP contribution in [0.1, 0.15) is 0 Å². The molecule has 0 aliphatic heterocycles. The van der Waals surface area contributed by atoms with Crippen molar-refractivity contribution in [3.8, 4) is 28.6 Å². The number of fused-ring (bicyclic) bond motifs is 1. The highest BCUT2D eigenvalue weighted by atomic mass is 16.5. The quantitative estimate of drug-likeness (QED) is 0.485. The zero-order valence-electron chi connectivity index (χ0n) is 17.0. The van der Waals surface area contributed by atoms with Crippen LogP contribution in [0.15, 0.2) is 47.3 Å². The number of nitrogens with one attached hydrogen (secondary N) is 1. The van der Waals surface area contributed by atoms with Crippen LogP contribution >= 0.6 is 0 Å². The molecule has 9 nitrogen and oxygen atoms in total. The van der Waals surface area contributed by atoms with Gasteiger partial charge in [0.25, 0.3) is 5.56 Å². The Balaban J connectivity index is 1.96. The topological polar surface area (TPSA) is 109 Å². The molecule has 0 aliphatic rings. The number of anilines is 1. The van der Waals surface area contributed by atoms with E-state index in [1.165, 1.54) is 4.68 Å². The fourth-order valence-electron chi connectivity index (χ4n) is 3.43. The summed E-state index contributed by atoms with van der Waals surface area (Å²) >= 11 is 0. The maximum Gasteiger partial charge on any atom is 0.280 e. The van der Waals surface area contributed by atoms with E-state index in [2.05, 4.69) is 9.97 Å². The lowest BCUT2D eigenvalue weighted by molar-refractivity contribution is 0.180. The first-order valence-corrected chi connectivity index (χ1v) is 9.36. The first-order chi connectivity index (χ1) is 14.6. The summed E-state index contributed by atoms with van der Waals surface area (Å²) < 4.78 is 19.1. The Kier molecular flexibility index (Phi) is 5.20. The van der Waals surface area contributed by atoms with Crippen LogP contribution in [-0.2, 0) is 11.3 Å². The third-order valence-corrected chi connectivity index (χ3v) is 4.89. The highest BCUT2D eigenvalue weighted by Crippen LogP contribution is 2.30. The second-order valence-corrected chi connectivity index (χ2v) is 6.67. The van der Waals surface area contributed by atoms with Gasteiger partial charge >= 0.3 is 0 Å². The molecule has 0 aliphatic carbocycles. The van der Waals surface area contributed by atoms with Crippen LogP contribution in [0.3, 0.4) is 0 Å². The highest BCUT2D eigenvalue weighted by molar-refractivity contribution is 5.81. The van der Waals surface area contributed by atoms with Gasteiger partial charge in [0.15, 0.2) is 0 Å². The summed E-state index contributed by atoms with van der Waals surface area (Å²) in [6.45, 7) is 0.642. The van der Waals surface area contributed by atoms with Gasteiger partial charge in [-0.15, -0.1) is 0 Å². The minimum atomic E-state index is -0.273. The average molecular weight is 409 g/mol. The summed E-state index contributed by atoms with van der Waals surface area (Å²) in [6.07, 6.45) is 0. The van der Waals surface area contributed by atoms with E-state index in [-0.39, 0.29) is 11.4 Å². The molecule has 0 amide bonds. The third kappa shape index (κ3) is 3.29. The first kappa shape index (κ1) is 19.6. The van der Waals surface area contributed by atoms with E-state index in [1.54, 1.807) is 44.2 Å². The Morgan fingerprint density at radius 1 is 1.07 bits per heavy atom. The largest absolute Gasteiger partial charge is 0.497 e. The normalized spacial score (nSPS) is 11.2. The van der Waals surface area contributed by atoms with E-state index in [0.717, 1.165) is 11.0 Å². The molecule has 4 rings (SSSR count). The van der Waals surface area contributed by atoms with Crippen LogP contribution in [0.2, 0.25) is 0 Å². The maximum atomic E-state index is 13.4. The van der Waals surface area contributed by atoms with E-state index in [9.17, 15) is 4.79 Å². The van der Waals surface area contributed by atoms with Gasteiger partial charge in [0.1, 0.15) is 28.7 Å². The molecule has 156 valence electrons. The maximum absolute atomic E-state index is 13.4. The number of nitrogen functional groups attached to an aromatic ring is 1. The second-order valence-electron chi connectivity index (χ2n) is 6.67. The van der Waals surface area contributed by atoms with Crippen LogP contribution in [0.25, 0.3) is 28.1 Å². The predicted molar refractivity (Wildman–Crippen MR) is 115 cm³/mol. The molecule has 9 heteroatoms. The molecule has 2 heterocycles. The molecule has 0 saturated heterocycles. The van der Waals surface area contributed by atoms with E-state index < -0.39 is 0 Å². The number of benzene rings is 2. The van der Waals surface area contributed by atoms with Crippen LogP contribution in [0.4, 0.5) is 5.82 Å². The minimum absolute atomic E-state index is 0.255.